The molecule has 5 nitrogen and oxygen atoms in total. The predicted octanol–water partition coefficient (Wildman–Crippen LogP) is 6.37. The van der Waals surface area contributed by atoms with Crippen LogP contribution in [0.3, 0.4) is 0 Å². The summed E-state index contributed by atoms with van der Waals surface area (Å²) in [6, 6.07) is 2.36. The third kappa shape index (κ3) is 4.54. The van der Waals surface area contributed by atoms with Gasteiger partial charge >= 0.3 is 18.4 Å². The normalized spacial score (nSPS) is 13.9. The largest absolute Gasteiger partial charge is 0.420 e. The van der Waals surface area contributed by atoms with Gasteiger partial charge in [0.2, 0.25) is 0 Å². The summed E-state index contributed by atoms with van der Waals surface area (Å²) in [5.41, 5.74) is -6.52. The minimum absolute atomic E-state index is 0.00409. The second kappa shape index (κ2) is 8.83. The van der Waals surface area contributed by atoms with Crippen molar-refractivity contribution in [2.45, 2.75) is 18.8 Å². The molecule has 14 heteroatoms. The van der Waals surface area contributed by atoms with Crippen LogP contribution in [0.15, 0.2) is 18.2 Å². The van der Waals surface area contributed by atoms with E-state index < -0.39 is 68.9 Å². The van der Waals surface area contributed by atoms with Gasteiger partial charge in [0.1, 0.15) is 22.5 Å². The van der Waals surface area contributed by atoms with E-state index in [0.29, 0.717) is 17.4 Å². The molecule has 0 N–H and O–H groups in total. The van der Waals surface area contributed by atoms with E-state index in [-0.39, 0.29) is 19.2 Å². The van der Waals surface area contributed by atoms with Crippen LogP contribution in [-0.2, 0) is 12.4 Å². The van der Waals surface area contributed by atoms with Gasteiger partial charge in [-0.1, -0.05) is 11.6 Å². The molecule has 1 saturated heterocycles. The highest BCUT2D eigenvalue weighted by atomic mass is 35.5. The molecule has 2 aromatic rings. The molecule has 1 heterocycles. The number of rotatable bonds is 3. The van der Waals surface area contributed by atoms with Crippen molar-refractivity contribution in [2.24, 2.45) is 0 Å². The molecule has 0 saturated carbocycles. The van der Waals surface area contributed by atoms with Crippen LogP contribution in [-0.4, -0.2) is 26.2 Å². The molecule has 0 aliphatic carbocycles. The number of alkyl halides is 6. The van der Waals surface area contributed by atoms with E-state index in [1.807, 2.05) is 0 Å². The lowest BCUT2D eigenvalue weighted by Crippen LogP contribution is -2.39. The van der Waals surface area contributed by atoms with E-state index in [4.69, 9.17) is 16.3 Å². The molecule has 0 aromatic heterocycles. The van der Waals surface area contributed by atoms with Crippen LogP contribution in [0.2, 0.25) is 5.02 Å². The molecule has 0 radical (unpaired) electrons. The first-order valence-corrected chi connectivity index (χ1v) is 9.65. The quantitative estimate of drug-likeness (QED) is 0.353. The Kier molecular flexibility index (Phi) is 6.58. The highest BCUT2D eigenvalue weighted by Crippen LogP contribution is 2.49. The molecule has 182 valence electrons. The first-order valence-electron chi connectivity index (χ1n) is 9.28. The van der Waals surface area contributed by atoms with Gasteiger partial charge in [-0.05, 0) is 24.6 Å². The number of ether oxygens (including phenoxy) is 1. The fourth-order valence-corrected chi connectivity index (χ4v) is 3.33. The number of benzene rings is 2. The molecule has 34 heavy (non-hydrogen) atoms. The summed E-state index contributed by atoms with van der Waals surface area (Å²) in [6.45, 7) is -0.00818. The zero-order valence-corrected chi connectivity index (χ0v) is 17.7. The maximum atomic E-state index is 14.3. The van der Waals surface area contributed by atoms with Crippen molar-refractivity contribution in [3.05, 3.63) is 51.5 Å². The Morgan fingerprint density at radius 1 is 1.12 bits per heavy atom. The molecule has 1 aliphatic rings. The number of nitriles is 1. The van der Waals surface area contributed by atoms with Crippen molar-refractivity contribution >= 4 is 29.1 Å². The van der Waals surface area contributed by atoms with Gasteiger partial charge in [-0.2, -0.15) is 31.6 Å². The van der Waals surface area contributed by atoms with Gasteiger partial charge in [-0.25, -0.2) is 13.6 Å². The Balaban J connectivity index is 2.19. The molecular formula is C20H12ClF8N3O2. The fourth-order valence-electron chi connectivity index (χ4n) is 3.17. The topological polar surface area (TPSA) is 56.6 Å². The van der Waals surface area contributed by atoms with Crippen LogP contribution in [0.4, 0.5) is 51.3 Å². The molecule has 1 amide bonds. The lowest BCUT2D eigenvalue weighted by molar-refractivity contribution is -0.143. The smallest absolute Gasteiger partial charge is 0.407 e. The van der Waals surface area contributed by atoms with Gasteiger partial charge in [-0.3, -0.25) is 4.90 Å². The summed E-state index contributed by atoms with van der Waals surface area (Å²) < 4.78 is 114. The van der Waals surface area contributed by atoms with Gasteiger partial charge in [0.15, 0.2) is 11.6 Å². The summed E-state index contributed by atoms with van der Waals surface area (Å²) >= 11 is 5.44. The van der Waals surface area contributed by atoms with Crippen LogP contribution >= 0.6 is 11.6 Å². The van der Waals surface area contributed by atoms with Crippen LogP contribution in [0, 0.1) is 23.0 Å². The first-order chi connectivity index (χ1) is 15.7. The molecule has 1 aliphatic heterocycles. The Morgan fingerprint density at radius 3 is 2.18 bits per heavy atom. The van der Waals surface area contributed by atoms with Crippen molar-refractivity contribution in [1.29, 1.82) is 5.26 Å². The third-order valence-corrected chi connectivity index (χ3v) is 5.34. The van der Waals surface area contributed by atoms with E-state index in [2.05, 4.69) is 0 Å². The highest BCUT2D eigenvalue weighted by molar-refractivity contribution is 6.31. The SMILES string of the molecule is CN(C(=O)Oc1c(C(F)(F)F)cc(C(F)(F)F)c(C#N)c1N1CCC1)c1ccc(F)c(Cl)c1F. The lowest BCUT2D eigenvalue weighted by Gasteiger charge is -2.36. The number of nitrogens with zero attached hydrogens (tertiary/aromatic N) is 3. The Hall–Kier alpha value is -3.27. The maximum absolute atomic E-state index is 14.3. The van der Waals surface area contributed by atoms with Crippen LogP contribution < -0.4 is 14.5 Å². The number of anilines is 2. The van der Waals surface area contributed by atoms with Crippen molar-refractivity contribution < 1.29 is 44.7 Å². The van der Waals surface area contributed by atoms with Gasteiger partial charge in [-0.15, -0.1) is 0 Å². The van der Waals surface area contributed by atoms with E-state index in [1.165, 1.54) is 6.07 Å². The van der Waals surface area contributed by atoms with Gasteiger partial charge in [0, 0.05) is 20.1 Å². The number of carbonyl (C=O) groups excluding carboxylic acids is 1. The van der Waals surface area contributed by atoms with Crippen LogP contribution in [0.1, 0.15) is 23.1 Å². The zero-order valence-electron chi connectivity index (χ0n) is 16.9. The molecule has 1 fully saturated rings. The number of hydrogen-bond donors (Lipinski definition) is 0. The highest BCUT2D eigenvalue weighted by Gasteiger charge is 2.45. The Morgan fingerprint density at radius 2 is 1.71 bits per heavy atom. The third-order valence-electron chi connectivity index (χ3n) is 4.99. The van der Waals surface area contributed by atoms with Crippen LogP contribution in [0.5, 0.6) is 5.75 Å². The van der Waals surface area contributed by atoms with Gasteiger partial charge in [0.25, 0.3) is 0 Å². The molecule has 0 atom stereocenters. The summed E-state index contributed by atoms with van der Waals surface area (Å²) in [7, 11) is 0.862. The standard InChI is InChI=1S/C20H12ClF8N3O2/c1-31(13-4-3-12(22)14(21)15(13)23)18(33)34-17-11(20(27,28)29)7-10(19(24,25)26)9(8-30)16(17)32-5-2-6-32/h3-4,7H,2,5-6H2,1H3. The van der Waals surface area contributed by atoms with E-state index in [9.17, 15) is 45.2 Å². The first kappa shape index (κ1) is 25.4. The Bertz CT molecular complexity index is 1190. The number of halogens is 9. The van der Waals surface area contributed by atoms with Crippen molar-refractivity contribution in [3.63, 3.8) is 0 Å². The molecule has 0 unspecified atom stereocenters. The van der Waals surface area contributed by atoms with Crippen molar-refractivity contribution in [3.8, 4) is 11.8 Å². The van der Waals surface area contributed by atoms with Crippen molar-refractivity contribution in [2.75, 3.05) is 29.9 Å². The molecule has 0 spiro atoms. The monoisotopic (exact) mass is 513 g/mol. The van der Waals surface area contributed by atoms with Crippen molar-refractivity contribution in [1.82, 2.24) is 0 Å². The molecule has 0 bridgehead atoms. The second-order valence-electron chi connectivity index (χ2n) is 7.09. The fraction of sp³-hybridized carbons (Fsp3) is 0.300. The zero-order chi connectivity index (χ0) is 25.6. The average Bonchev–Trinajstić information content (AvgIpc) is 2.69. The molecular weight excluding hydrogens is 502 g/mol. The maximum Gasteiger partial charge on any atom is 0.420 e. The van der Waals surface area contributed by atoms with Gasteiger partial charge in [0.05, 0.1) is 22.5 Å². The second-order valence-corrected chi connectivity index (χ2v) is 7.47. The van der Waals surface area contributed by atoms with Crippen LogP contribution in [0.25, 0.3) is 0 Å². The van der Waals surface area contributed by atoms with E-state index >= 15 is 0 Å². The molecule has 3 rings (SSSR count). The predicted molar refractivity (Wildman–Crippen MR) is 104 cm³/mol. The number of carbonyl (C=O) groups is 1. The molecule has 2 aromatic carbocycles. The summed E-state index contributed by atoms with van der Waals surface area (Å²) in [5.74, 6) is -3.95. The van der Waals surface area contributed by atoms with E-state index in [0.717, 1.165) is 18.0 Å². The summed E-state index contributed by atoms with van der Waals surface area (Å²) in [4.78, 5) is 14.0. The minimum Gasteiger partial charge on any atom is -0.407 e. The summed E-state index contributed by atoms with van der Waals surface area (Å²) in [6.07, 6.45) is -12.0. The van der Waals surface area contributed by atoms with Gasteiger partial charge < -0.3 is 9.64 Å². The average molecular weight is 514 g/mol. The number of amides is 1. The summed E-state index contributed by atoms with van der Waals surface area (Å²) in [5, 5.41) is 8.35. The Labute approximate surface area is 191 Å². The lowest BCUT2D eigenvalue weighted by atomic mass is 9.97. The minimum atomic E-state index is -5.42. The van der Waals surface area contributed by atoms with E-state index in [1.54, 1.807) is 0 Å². The number of hydrogen-bond acceptors (Lipinski definition) is 4.